The summed E-state index contributed by atoms with van der Waals surface area (Å²) in [4.78, 5) is 4.36. The summed E-state index contributed by atoms with van der Waals surface area (Å²) in [5.41, 5.74) is 7.09. The Labute approximate surface area is 192 Å². The minimum Gasteiger partial charge on any atom is -0.369 e. The van der Waals surface area contributed by atoms with E-state index in [1.807, 2.05) is 31.3 Å². The average molecular weight is 440 g/mol. The van der Waals surface area contributed by atoms with Gasteiger partial charge in [-0.1, -0.05) is 12.1 Å². The third-order valence-corrected chi connectivity index (χ3v) is 6.34. The highest BCUT2D eigenvalue weighted by Crippen LogP contribution is 2.33. The van der Waals surface area contributed by atoms with Crippen LogP contribution in [0.2, 0.25) is 0 Å². The van der Waals surface area contributed by atoms with E-state index in [1.54, 1.807) is 0 Å². The van der Waals surface area contributed by atoms with E-state index in [1.165, 1.54) is 10.6 Å². The minimum absolute atomic E-state index is 0.633. The predicted molar refractivity (Wildman–Crippen MR) is 130 cm³/mol. The van der Waals surface area contributed by atoms with Crippen molar-refractivity contribution in [2.75, 3.05) is 43.0 Å². The first kappa shape index (κ1) is 20.9. The molecule has 0 unspecified atom stereocenters. The molecule has 0 aliphatic carbocycles. The van der Waals surface area contributed by atoms with E-state index in [4.69, 9.17) is 5.26 Å². The van der Waals surface area contributed by atoms with Crippen LogP contribution in [0.15, 0.2) is 64.9 Å². The second-order valence-electron chi connectivity index (χ2n) is 8.31. The largest absolute Gasteiger partial charge is 0.369 e. The lowest BCUT2D eigenvalue weighted by Crippen LogP contribution is -2.44. The zero-order valence-corrected chi connectivity index (χ0v) is 18.5. The quantitative estimate of drug-likeness (QED) is 0.500. The van der Waals surface area contributed by atoms with Crippen LogP contribution >= 0.6 is 0 Å². The van der Waals surface area contributed by atoms with Gasteiger partial charge >= 0.3 is 0 Å². The number of aromatic nitrogens is 1. The van der Waals surface area contributed by atoms with Crippen molar-refractivity contribution in [1.82, 2.24) is 9.63 Å². The first-order valence-corrected chi connectivity index (χ1v) is 10.9. The summed E-state index contributed by atoms with van der Waals surface area (Å²) in [6, 6.07) is 18.4. The lowest BCUT2D eigenvalue weighted by molar-refractivity contribution is -0.0935. The van der Waals surface area contributed by atoms with E-state index in [-0.39, 0.29) is 0 Å². The number of nitrogens with zero attached hydrogens (tertiary/aromatic N) is 7. The van der Waals surface area contributed by atoms with Gasteiger partial charge in [0, 0.05) is 69.6 Å². The molecular weight excluding hydrogens is 414 g/mol. The molecule has 1 N–H and O–H groups in total. The van der Waals surface area contributed by atoms with E-state index in [9.17, 15) is 5.21 Å². The van der Waals surface area contributed by atoms with Crippen molar-refractivity contribution < 1.29 is 5.21 Å². The fraction of sp³-hybridized carbons (Fsp3) is 0.240. The molecule has 0 atom stereocenters. The summed E-state index contributed by atoms with van der Waals surface area (Å²) in [6.07, 6.45) is 2.12. The van der Waals surface area contributed by atoms with Crippen molar-refractivity contribution in [1.29, 1.82) is 5.26 Å². The lowest BCUT2D eigenvalue weighted by atomic mass is 10.1. The Balaban J connectivity index is 1.56. The molecule has 0 saturated carbocycles. The van der Waals surface area contributed by atoms with Crippen LogP contribution in [0.1, 0.15) is 16.8 Å². The fourth-order valence-corrected chi connectivity index (χ4v) is 4.56. The molecule has 33 heavy (non-hydrogen) atoms. The van der Waals surface area contributed by atoms with Crippen LogP contribution in [0.25, 0.3) is 11.1 Å². The molecule has 0 radical (unpaired) electrons. The molecule has 0 bridgehead atoms. The van der Waals surface area contributed by atoms with Crippen LogP contribution in [0, 0.1) is 11.3 Å². The standard InChI is InChI=1S/C25H25N7O/c1-27-28-25-24-14-20(19-5-3-18(15-26)4-6-19)16-31(24)17-21-13-22(7-8-23(21)29(25)2)30-9-11-32(33)12-10-30/h3-8,13-14,16,33H,1,9-12,17H2,2H3/b28-25-. The first-order valence-electron chi connectivity index (χ1n) is 10.9. The second kappa shape index (κ2) is 8.54. The van der Waals surface area contributed by atoms with Gasteiger partial charge in [0.05, 0.1) is 17.3 Å². The smallest absolute Gasteiger partial charge is 0.179 e. The summed E-state index contributed by atoms with van der Waals surface area (Å²) in [7, 11) is 2.00. The molecule has 0 spiro atoms. The van der Waals surface area contributed by atoms with Crippen LogP contribution in [0.4, 0.5) is 11.4 Å². The fourth-order valence-electron chi connectivity index (χ4n) is 4.56. The van der Waals surface area contributed by atoms with Gasteiger partial charge in [0.2, 0.25) is 0 Å². The Bertz CT molecular complexity index is 1260. The maximum absolute atomic E-state index is 9.71. The molecule has 1 fully saturated rings. The number of fused-ring (bicyclic) bond motifs is 2. The van der Waals surface area contributed by atoms with E-state index in [0.29, 0.717) is 25.2 Å². The molecule has 1 saturated heterocycles. The summed E-state index contributed by atoms with van der Waals surface area (Å²) >= 11 is 0. The van der Waals surface area contributed by atoms with Crippen molar-refractivity contribution in [3.05, 3.63) is 71.5 Å². The van der Waals surface area contributed by atoms with Gasteiger partial charge in [-0.2, -0.15) is 15.4 Å². The average Bonchev–Trinajstić information content (AvgIpc) is 3.22. The Hall–Kier alpha value is -3.93. The Morgan fingerprint density at radius 3 is 2.45 bits per heavy atom. The maximum atomic E-state index is 9.71. The van der Waals surface area contributed by atoms with Crippen molar-refractivity contribution in [3.8, 4) is 17.2 Å². The first-order chi connectivity index (χ1) is 16.1. The highest BCUT2D eigenvalue weighted by atomic mass is 16.5. The van der Waals surface area contributed by atoms with Gasteiger partial charge < -0.3 is 19.6 Å². The van der Waals surface area contributed by atoms with E-state index in [2.05, 4.69) is 67.8 Å². The molecule has 5 rings (SSSR count). The van der Waals surface area contributed by atoms with Gasteiger partial charge in [0.1, 0.15) is 0 Å². The second-order valence-corrected chi connectivity index (χ2v) is 8.31. The highest BCUT2D eigenvalue weighted by molar-refractivity contribution is 6.10. The lowest BCUT2D eigenvalue weighted by Gasteiger charge is -2.33. The predicted octanol–water partition coefficient (Wildman–Crippen LogP) is 3.40. The summed E-state index contributed by atoms with van der Waals surface area (Å²) in [6.45, 7) is 7.11. The number of hydrogen-bond acceptors (Lipinski definition) is 6. The van der Waals surface area contributed by atoms with Crippen LogP contribution in [0.3, 0.4) is 0 Å². The van der Waals surface area contributed by atoms with Crippen LogP contribution in [0.5, 0.6) is 0 Å². The molecule has 8 heteroatoms. The van der Waals surface area contributed by atoms with Crippen molar-refractivity contribution in [2.24, 2.45) is 10.2 Å². The van der Waals surface area contributed by atoms with Gasteiger partial charge in [-0.3, -0.25) is 0 Å². The molecule has 2 aromatic carbocycles. The van der Waals surface area contributed by atoms with E-state index >= 15 is 0 Å². The summed E-state index contributed by atoms with van der Waals surface area (Å²) < 4.78 is 2.19. The number of rotatable bonds is 3. The molecule has 3 heterocycles. The van der Waals surface area contributed by atoms with Gasteiger partial charge in [-0.25, -0.2) is 0 Å². The zero-order valence-electron chi connectivity index (χ0n) is 18.5. The highest BCUT2D eigenvalue weighted by Gasteiger charge is 2.25. The molecular formula is C25H25N7O. The van der Waals surface area contributed by atoms with Gasteiger partial charge in [-0.15, -0.1) is 5.10 Å². The number of benzene rings is 2. The number of nitriles is 1. The van der Waals surface area contributed by atoms with Crippen molar-refractivity contribution >= 4 is 23.9 Å². The number of hydrogen-bond donors (Lipinski definition) is 1. The third-order valence-electron chi connectivity index (χ3n) is 6.34. The van der Waals surface area contributed by atoms with Crippen molar-refractivity contribution in [2.45, 2.75) is 6.54 Å². The minimum atomic E-state index is 0.633. The Morgan fingerprint density at radius 2 is 1.76 bits per heavy atom. The SMILES string of the molecule is C=N/N=C1/c2cc(-c3ccc(C#N)cc3)cn2Cc2cc(N3CCN(O)CC3)ccc2N1C. The van der Waals surface area contributed by atoms with Crippen LogP contribution in [-0.2, 0) is 6.54 Å². The molecule has 3 aromatic rings. The molecule has 166 valence electrons. The number of piperazine rings is 1. The van der Waals surface area contributed by atoms with Gasteiger partial charge in [0.15, 0.2) is 5.84 Å². The van der Waals surface area contributed by atoms with Crippen molar-refractivity contribution in [3.63, 3.8) is 0 Å². The summed E-state index contributed by atoms with van der Waals surface area (Å²) in [5.74, 6) is 0.727. The number of hydroxylamine groups is 2. The maximum Gasteiger partial charge on any atom is 0.179 e. The monoisotopic (exact) mass is 439 g/mol. The molecule has 1 aromatic heterocycles. The van der Waals surface area contributed by atoms with Crippen LogP contribution < -0.4 is 9.80 Å². The molecule has 2 aliphatic heterocycles. The Kier molecular flexibility index (Phi) is 5.42. The number of anilines is 2. The van der Waals surface area contributed by atoms with E-state index in [0.717, 1.165) is 47.1 Å². The zero-order chi connectivity index (χ0) is 22.9. The summed E-state index contributed by atoms with van der Waals surface area (Å²) in [5, 5.41) is 28.4. The molecule has 0 amide bonds. The van der Waals surface area contributed by atoms with Gasteiger partial charge in [0.25, 0.3) is 0 Å². The topological polar surface area (TPSA) is 83.4 Å². The van der Waals surface area contributed by atoms with Gasteiger partial charge in [-0.05, 0) is 47.5 Å². The molecule has 2 aliphatic rings. The number of amidine groups is 1. The Morgan fingerprint density at radius 1 is 1.00 bits per heavy atom. The molecule has 8 nitrogen and oxygen atoms in total. The third kappa shape index (κ3) is 3.89. The van der Waals surface area contributed by atoms with Crippen LogP contribution in [-0.4, -0.2) is 60.6 Å². The van der Waals surface area contributed by atoms with E-state index < -0.39 is 0 Å². The normalized spacial score (nSPS) is 17.3.